The fourth-order valence-electron chi connectivity index (χ4n) is 2.05. The summed E-state index contributed by atoms with van der Waals surface area (Å²) in [6.07, 6.45) is 0. The molecule has 1 aromatic carbocycles. The molecule has 0 unspecified atom stereocenters. The molecule has 1 heterocycles. The Bertz CT molecular complexity index is 575. The van der Waals surface area contributed by atoms with Gasteiger partial charge in [0.2, 0.25) is 5.91 Å². The summed E-state index contributed by atoms with van der Waals surface area (Å²) in [5.74, 6) is -1.31. The predicted molar refractivity (Wildman–Crippen MR) is 68.2 cm³/mol. The number of imide groups is 1. The lowest BCUT2D eigenvalue weighted by molar-refractivity contribution is -0.134. The molecule has 1 atom stereocenters. The Morgan fingerprint density at radius 1 is 1.42 bits per heavy atom. The molecule has 0 bridgehead atoms. The summed E-state index contributed by atoms with van der Waals surface area (Å²) in [4.78, 5) is 35.7. The van der Waals surface area contributed by atoms with Crippen LogP contribution in [0.4, 0.5) is 4.79 Å². The van der Waals surface area contributed by atoms with E-state index < -0.39 is 29.9 Å². The first-order chi connectivity index (χ1) is 8.86. The normalized spacial score (nSPS) is 22.5. The maximum atomic E-state index is 12.3. The molecule has 0 spiro atoms. The first-order valence-corrected chi connectivity index (χ1v) is 5.91. The van der Waals surface area contributed by atoms with Crippen molar-refractivity contribution in [1.82, 2.24) is 10.2 Å². The predicted octanol–water partition coefficient (Wildman–Crippen LogP) is 0.592. The molecule has 1 saturated heterocycles. The lowest BCUT2D eigenvalue weighted by atomic mass is 9.92. The van der Waals surface area contributed by atoms with Gasteiger partial charge < -0.3 is 11.1 Å². The van der Waals surface area contributed by atoms with Crippen molar-refractivity contribution in [3.63, 3.8) is 0 Å². The fraction of sp³-hybridized carbons (Fsp3) is 0.250. The molecule has 1 aliphatic heterocycles. The molecule has 0 aliphatic carbocycles. The number of nitrogens with zero attached hydrogens (tertiary/aromatic N) is 1. The van der Waals surface area contributed by atoms with Gasteiger partial charge in [0.05, 0.1) is 0 Å². The Morgan fingerprint density at radius 2 is 2.05 bits per heavy atom. The van der Waals surface area contributed by atoms with E-state index in [1.54, 1.807) is 24.3 Å². The minimum Gasteiger partial charge on any atom is -0.368 e. The monoisotopic (exact) mass is 281 g/mol. The van der Waals surface area contributed by atoms with E-state index in [0.29, 0.717) is 10.6 Å². The number of amides is 4. The minimum atomic E-state index is -1.29. The summed E-state index contributed by atoms with van der Waals surface area (Å²) >= 11 is 6.05. The Kier molecular flexibility index (Phi) is 3.20. The Hall–Kier alpha value is -2.08. The highest BCUT2D eigenvalue weighted by Gasteiger charge is 2.50. The summed E-state index contributed by atoms with van der Waals surface area (Å²) in [5, 5.41) is 2.90. The lowest BCUT2D eigenvalue weighted by Crippen LogP contribution is -2.42. The van der Waals surface area contributed by atoms with Crippen LogP contribution in [0.2, 0.25) is 5.02 Å². The Balaban J connectivity index is 2.41. The second-order valence-electron chi connectivity index (χ2n) is 4.39. The number of carbonyl (C=O) groups excluding carboxylic acids is 3. The van der Waals surface area contributed by atoms with E-state index in [1.807, 2.05) is 0 Å². The molecule has 1 fully saturated rings. The van der Waals surface area contributed by atoms with E-state index in [1.165, 1.54) is 6.92 Å². The average Bonchev–Trinajstić information content (AvgIpc) is 2.54. The van der Waals surface area contributed by atoms with Crippen molar-refractivity contribution in [2.24, 2.45) is 5.73 Å². The van der Waals surface area contributed by atoms with Crippen LogP contribution in [-0.2, 0) is 15.1 Å². The van der Waals surface area contributed by atoms with Crippen LogP contribution in [0.5, 0.6) is 0 Å². The van der Waals surface area contributed by atoms with Crippen molar-refractivity contribution in [3.05, 3.63) is 34.9 Å². The highest BCUT2D eigenvalue weighted by Crippen LogP contribution is 2.33. The van der Waals surface area contributed by atoms with E-state index in [2.05, 4.69) is 5.32 Å². The number of nitrogens with two attached hydrogens (primary N) is 1. The van der Waals surface area contributed by atoms with Crippen LogP contribution >= 0.6 is 11.6 Å². The van der Waals surface area contributed by atoms with Crippen LogP contribution in [0.15, 0.2) is 24.3 Å². The number of hydrogen-bond donors (Lipinski definition) is 2. The van der Waals surface area contributed by atoms with Gasteiger partial charge in [-0.15, -0.1) is 0 Å². The van der Waals surface area contributed by atoms with Crippen molar-refractivity contribution in [2.75, 3.05) is 6.54 Å². The number of primary amides is 1. The van der Waals surface area contributed by atoms with Crippen LogP contribution in [0.25, 0.3) is 0 Å². The highest BCUT2D eigenvalue weighted by atomic mass is 35.5. The van der Waals surface area contributed by atoms with Gasteiger partial charge >= 0.3 is 6.03 Å². The molecule has 0 saturated carbocycles. The second-order valence-corrected chi connectivity index (χ2v) is 4.80. The largest absolute Gasteiger partial charge is 0.368 e. The summed E-state index contributed by atoms with van der Waals surface area (Å²) in [6.45, 7) is 1.08. The third-order valence-corrected chi connectivity index (χ3v) is 3.33. The van der Waals surface area contributed by atoms with E-state index in [0.717, 1.165) is 4.90 Å². The smallest absolute Gasteiger partial charge is 0.325 e. The van der Waals surface area contributed by atoms with Gasteiger partial charge in [0.25, 0.3) is 5.91 Å². The van der Waals surface area contributed by atoms with Gasteiger partial charge in [-0.3, -0.25) is 14.5 Å². The van der Waals surface area contributed by atoms with Gasteiger partial charge in [-0.25, -0.2) is 4.79 Å². The first-order valence-electron chi connectivity index (χ1n) is 5.53. The number of hydrogen-bond acceptors (Lipinski definition) is 3. The molecule has 4 amide bonds. The molecule has 100 valence electrons. The molecule has 1 aromatic rings. The minimum absolute atomic E-state index is 0.361. The molecule has 0 aromatic heterocycles. The van der Waals surface area contributed by atoms with Crippen molar-refractivity contribution in [3.8, 4) is 0 Å². The van der Waals surface area contributed by atoms with Crippen molar-refractivity contribution < 1.29 is 14.4 Å². The molecule has 19 heavy (non-hydrogen) atoms. The van der Waals surface area contributed by atoms with Gasteiger partial charge in [-0.05, 0) is 13.0 Å². The fourth-order valence-corrected chi connectivity index (χ4v) is 2.37. The molecular weight excluding hydrogens is 270 g/mol. The van der Waals surface area contributed by atoms with Crippen LogP contribution in [0.3, 0.4) is 0 Å². The number of carbonyl (C=O) groups is 3. The van der Waals surface area contributed by atoms with E-state index in [-0.39, 0.29) is 0 Å². The molecule has 7 heteroatoms. The standard InChI is InChI=1S/C12H12ClN3O3/c1-12(7-4-2-3-5-8(7)13)10(18)16(6-9(14)17)11(19)15-12/h2-5H,6H2,1H3,(H2,14,17)(H,15,19)/t12-/m1/s1. The number of nitrogens with one attached hydrogen (secondary N) is 1. The van der Waals surface area contributed by atoms with Gasteiger partial charge in [-0.1, -0.05) is 29.8 Å². The quantitative estimate of drug-likeness (QED) is 0.794. The lowest BCUT2D eigenvalue weighted by Gasteiger charge is -2.23. The molecular formula is C12H12ClN3O3. The van der Waals surface area contributed by atoms with E-state index >= 15 is 0 Å². The van der Waals surface area contributed by atoms with Crippen molar-refractivity contribution >= 4 is 29.4 Å². The number of urea groups is 1. The van der Waals surface area contributed by atoms with Crippen LogP contribution < -0.4 is 11.1 Å². The molecule has 2 rings (SSSR count). The summed E-state index contributed by atoms with van der Waals surface area (Å²) in [7, 11) is 0. The molecule has 6 nitrogen and oxygen atoms in total. The van der Waals surface area contributed by atoms with Gasteiger partial charge in [0, 0.05) is 10.6 Å². The second kappa shape index (κ2) is 4.55. The van der Waals surface area contributed by atoms with E-state index in [4.69, 9.17) is 17.3 Å². The topological polar surface area (TPSA) is 92.5 Å². The molecule has 1 aliphatic rings. The van der Waals surface area contributed by atoms with E-state index in [9.17, 15) is 14.4 Å². The SMILES string of the molecule is C[C@]1(c2ccccc2Cl)NC(=O)N(CC(N)=O)C1=O. The third kappa shape index (κ3) is 2.15. The third-order valence-electron chi connectivity index (χ3n) is 3.00. The number of benzene rings is 1. The zero-order valence-electron chi connectivity index (χ0n) is 10.1. The van der Waals surface area contributed by atoms with Crippen molar-refractivity contribution in [2.45, 2.75) is 12.5 Å². The maximum absolute atomic E-state index is 12.3. The van der Waals surface area contributed by atoms with Gasteiger partial charge in [0.1, 0.15) is 12.1 Å². The Labute approximate surface area is 114 Å². The Morgan fingerprint density at radius 3 is 2.63 bits per heavy atom. The summed E-state index contributed by atoms with van der Waals surface area (Å²) in [6, 6.07) is 6.04. The first kappa shape index (κ1) is 13.4. The van der Waals surface area contributed by atoms with Crippen LogP contribution in [0.1, 0.15) is 12.5 Å². The highest BCUT2D eigenvalue weighted by molar-refractivity contribution is 6.32. The number of halogens is 1. The van der Waals surface area contributed by atoms with Gasteiger partial charge in [-0.2, -0.15) is 0 Å². The van der Waals surface area contributed by atoms with Gasteiger partial charge in [0.15, 0.2) is 0 Å². The molecule has 0 radical (unpaired) electrons. The zero-order chi connectivity index (χ0) is 14.2. The number of rotatable bonds is 3. The molecule has 3 N–H and O–H groups in total. The van der Waals surface area contributed by atoms with Crippen LogP contribution in [-0.4, -0.2) is 29.3 Å². The van der Waals surface area contributed by atoms with Crippen LogP contribution in [0, 0.1) is 0 Å². The average molecular weight is 282 g/mol. The summed E-state index contributed by atoms with van der Waals surface area (Å²) in [5.41, 5.74) is 4.20. The zero-order valence-corrected chi connectivity index (χ0v) is 10.9. The summed E-state index contributed by atoms with van der Waals surface area (Å²) < 4.78 is 0. The van der Waals surface area contributed by atoms with Crippen molar-refractivity contribution in [1.29, 1.82) is 0 Å². The maximum Gasteiger partial charge on any atom is 0.325 e.